The number of carbonyl (C=O) groups is 1. The molecule has 0 aliphatic carbocycles. The number of benzene rings is 2. The zero-order chi connectivity index (χ0) is 22.2. The van der Waals surface area contributed by atoms with Crippen LogP contribution in [-0.4, -0.2) is 42.3 Å². The van der Waals surface area contributed by atoms with Crippen molar-refractivity contribution in [3.05, 3.63) is 83.5 Å². The van der Waals surface area contributed by atoms with Crippen molar-refractivity contribution in [1.29, 1.82) is 0 Å². The topological polar surface area (TPSA) is 89.9 Å². The van der Waals surface area contributed by atoms with E-state index in [4.69, 9.17) is 4.52 Å². The molecule has 6 rings (SSSR count). The molecule has 1 aliphatic rings. The second-order valence-electron chi connectivity index (χ2n) is 7.66. The maximum absolute atomic E-state index is 13.1. The number of aromatic nitrogens is 5. The Bertz CT molecular complexity index is 1410. The standard InChI is InChI=1S/C24H18N6O2S/c31-24(18-10-8-16(9-11-18)19-7-4-14-33-19)29-12-13-30-20(15-29)26-27-22(30)21-25-23(32-28-21)17-5-2-1-3-6-17/h1-11,14H,12-13,15H2. The molecule has 3 aromatic heterocycles. The molecule has 0 unspecified atom stereocenters. The van der Waals surface area contributed by atoms with E-state index < -0.39 is 0 Å². The number of hydrogen-bond acceptors (Lipinski definition) is 7. The first-order chi connectivity index (χ1) is 16.3. The lowest BCUT2D eigenvalue weighted by Crippen LogP contribution is -2.38. The molecule has 0 bridgehead atoms. The van der Waals surface area contributed by atoms with Gasteiger partial charge in [0.2, 0.25) is 11.6 Å². The minimum absolute atomic E-state index is 0.0190. The SMILES string of the molecule is O=C(c1ccc(-c2cccs2)cc1)N1CCn2c(nnc2-c2noc(-c3ccccc3)n2)C1. The normalized spacial score (nSPS) is 13.2. The van der Waals surface area contributed by atoms with Crippen LogP contribution in [0.4, 0.5) is 0 Å². The van der Waals surface area contributed by atoms with E-state index in [1.54, 1.807) is 16.2 Å². The highest BCUT2D eigenvalue weighted by Crippen LogP contribution is 2.26. The van der Waals surface area contributed by atoms with Crippen molar-refractivity contribution in [2.75, 3.05) is 6.54 Å². The molecule has 1 aliphatic heterocycles. The van der Waals surface area contributed by atoms with E-state index in [0.717, 1.165) is 11.1 Å². The Morgan fingerprint density at radius 1 is 0.909 bits per heavy atom. The molecule has 2 aromatic carbocycles. The predicted molar refractivity (Wildman–Crippen MR) is 123 cm³/mol. The van der Waals surface area contributed by atoms with Crippen molar-refractivity contribution >= 4 is 17.2 Å². The first-order valence-electron chi connectivity index (χ1n) is 10.5. The van der Waals surface area contributed by atoms with E-state index in [1.165, 1.54) is 4.88 Å². The fourth-order valence-corrected chi connectivity index (χ4v) is 4.64. The molecule has 1 amide bonds. The molecular weight excluding hydrogens is 436 g/mol. The van der Waals surface area contributed by atoms with Crippen molar-refractivity contribution in [3.8, 4) is 33.5 Å². The molecule has 0 N–H and O–H groups in total. The molecule has 0 atom stereocenters. The molecule has 4 heterocycles. The van der Waals surface area contributed by atoms with Crippen molar-refractivity contribution in [2.45, 2.75) is 13.1 Å². The van der Waals surface area contributed by atoms with Crippen LogP contribution in [0.3, 0.4) is 0 Å². The van der Waals surface area contributed by atoms with Crippen LogP contribution in [0.1, 0.15) is 16.2 Å². The van der Waals surface area contributed by atoms with Gasteiger partial charge in [-0.25, -0.2) is 0 Å². The number of hydrogen-bond donors (Lipinski definition) is 0. The minimum Gasteiger partial charge on any atom is -0.334 e. The maximum Gasteiger partial charge on any atom is 0.258 e. The van der Waals surface area contributed by atoms with Gasteiger partial charge in [-0.3, -0.25) is 4.79 Å². The van der Waals surface area contributed by atoms with Gasteiger partial charge < -0.3 is 14.0 Å². The Morgan fingerprint density at radius 2 is 1.76 bits per heavy atom. The Hall–Kier alpha value is -4.11. The van der Waals surface area contributed by atoms with E-state index in [2.05, 4.69) is 26.4 Å². The lowest BCUT2D eigenvalue weighted by molar-refractivity contribution is 0.0708. The second-order valence-corrected chi connectivity index (χ2v) is 8.61. The summed E-state index contributed by atoms with van der Waals surface area (Å²) in [4.78, 5) is 20.5. The van der Waals surface area contributed by atoms with Crippen molar-refractivity contribution < 1.29 is 9.32 Å². The van der Waals surface area contributed by atoms with E-state index in [1.807, 2.05) is 70.6 Å². The van der Waals surface area contributed by atoms with Crippen LogP contribution < -0.4 is 0 Å². The third-order valence-electron chi connectivity index (χ3n) is 5.62. The van der Waals surface area contributed by atoms with E-state index in [0.29, 0.717) is 48.6 Å². The number of fused-ring (bicyclic) bond motifs is 1. The van der Waals surface area contributed by atoms with Gasteiger partial charge in [0.1, 0.15) is 0 Å². The van der Waals surface area contributed by atoms with Crippen LogP contribution in [0.5, 0.6) is 0 Å². The Kier molecular flexibility index (Phi) is 4.80. The van der Waals surface area contributed by atoms with Gasteiger partial charge in [-0.2, -0.15) is 4.98 Å². The van der Waals surface area contributed by atoms with Crippen molar-refractivity contribution in [2.24, 2.45) is 0 Å². The van der Waals surface area contributed by atoms with Gasteiger partial charge in [0.25, 0.3) is 11.8 Å². The molecular formula is C24H18N6O2S. The number of carbonyl (C=O) groups excluding carboxylic acids is 1. The van der Waals surface area contributed by atoms with E-state index in [-0.39, 0.29) is 5.91 Å². The van der Waals surface area contributed by atoms with Gasteiger partial charge in [-0.05, 0) is 41.3 Å². The lowest BCUT2D eigenvalue weighted by atomic mass is 10.1. The van der Waals surface area contributed by atoms with Crippen LogP contribution in [0.15, 0.2) is 76.6 Å². The fourth-order valence-electron chi connectivity index (χ4n) is 3.91. The van der Waals surface area contributed by atoms with Crippen LogP contribution in [0.2, 0.25) is 0 Å². The van der Waals surface area contributed by atoms with Gasteiger partial charge in [-0.15, -0.1) is 21.5 Å². The fraction of sp³-hybridized carbons (Fsp3) is 0.125. The highest BCUT2D eigenvalue weighted by Gasteiger charge is 2.27. The zero-order valence-corrected chi connectivity index (χ0v) is 18.3. The maximum atomic E-state index is 13.1. The third-order valence-corrected chi connectivity index (χ3v) is 6.54. The van der Waals surface area contributed by atoms with Gasteiger partial charge in [0.05, 0.1) is 6.54 Å². The smallest absolute Gasteiger partial charge is 0.258 e. The first kappa shape index (κ1) is 19.6. The summed E-state index contributed by atoms with van der Waals surface area (Å²) in [6, 6.07) is 21.4. The summed E-state index contributed by atoms with van der Waals surface area (Å²) in [5.41, 5.74) is 2.62. The predicted octanol–water partition coefficient (Wildman–Crippen LogP) is 4.38. The summed E-state index contributed by atoms with van der Waals surface area (Å²) < 4.78 is 7.36. The summed E-state index contributed by atoms with van der Waals surface area (Å²) in [5, 5.41) is 14.7. The van der Waals surface area contributed by atoms with Crippen molar-refractivity contribution in [1.82, 2.24) is 29.8 Å². The average Bonchev–Trinajstić information content (AvgIpc) is 3.64. The first-order valence-corrected chi connectivity index (χ1v) is 11.4. The minimum atomic E-state index is -0.0190. The summed E-state index contributed by atoms with van der Waals surface area (Å²) >= 11 is 1.68. The Morgan fingerprint density at radius 3 is 2.55 bits per heavy atom. The van der Waals surface area contributed by atoms with E-state index >= 15 is 0 Å². The number of nitrogens with zero attached hydrogens (tertiary/aromatic N) is 6. The van der Waals surface area contributed by atoms with Gasteiger partial charge >= 0.3 is 0 Å². The molecule has 5 aromatic rings. The Balaban J connectivity index is 1.20. The van der Waals surface area contributed by atoms with Crippen LogP contribution in [0.25, 0.3) is 33.5 Å². The monoisotopic (exact) mass is 454 g/mol. The molecule has 0 saturated heterocycles. The molecule has 0 radical (unpaired) electrons. The van der Waals surface area contributed by atoms with Crippen LogP contribution in [-0.2, 0) is 13.1 Å². The summed E-state index contributed by atoms with van der Waals surface area (Å²) in [6.07, 6.45) is 0. The molecule has 0 spiro atoms. The van der Waals surface area contributed by atoms with Gasteiger partial charge in [-0.1, -0.05) is 41.6 Å². The molecule has 162 valence electrons. The largest absolute Gasteiger partial charge is 0.334 e. The number of amides is 1. The second kappa shape index (κ2) is 8.10. The van der Waals surface area contributed by atoms with Gasteiger partial charge in [0, 0.05) is 29.1 Å². The molecule has 0 fully saturated rings. The zero-order valence-electron chi connectivity index (χ0n) is 17.5. The van der Waals surface area contributed by atoms with Gasteiger partial charge in [0.15, 0.2) is 5.82 Å². The van der Waals surface area contributed by atoms with Crippen LogP contribution in [0, 0.1) is 0 Å². The Labute approximate surface area is 193 Å². The number of thiophene rings is 1. The molecule has 33 heavy (non-hydrogen) atoms. The molecule has 0 saturated carbocycles. The quantitative estimate of drug-likeness (QED) is 0.400. The van der Waals surface area contributed by atoms with E-state index in [9.17, 15) is 4.79 Å². The lowest BCUT2D eigenvalue weighted by Gasteiger charge is -2.27. The number of rotatable bonds is 4. The third kappa shape index (κ3) is 3.62. The molecule has 8 nitrogen and oxygen atoms in total. The van der Waals surface area contributed by atoms with Crippen molar-refractivity contribution in [3.63, 3.8) is 0 Å². The average molecular weight is 455 g/mol. The summed E-state index contributed by atoms with van der Waals surface area (Å²) in [6.45, 7) is 1.49. The summed E-state index contributed by atoms with van der Waals surface area (Å²) in [5.74, 6) is 2.04. The van der Waals surface area contributed by atoms with Crippen LogP contribution >= 0.6 is 11.3 Å². The highest BCUT2D eigenvalue weighted by molar-refractivity contribution is 7.13. The highest BCUT2D eigenvalue weighted by atomic mass is 32.1. The summed E-state index contributed by atoms with van der Waals surface area (Å²) in [7, 11) is 0. The molecule has 9 heteroatoms.